The molecular weight excluding hydrogens is 536 g/mol. The number of carbonyl (C=O) groups is 4. The molecule has 174 valence electrons. The molecule has 3 atom stereocenters. The van der Waals surface area contributed by atoms with Crippen molar-refractivity contribution in [1.82, 2.24) is 5.32 Å². The highest BCUT2D eigenvalue weighted by molar-refractivity contribution is 14.1. The van der Waals surface area contributed by atoms with E-state index in [1.54, 1.807) is 19.1 Å². The Balaban J connectivity index is 2.00. The molecule has 2 N–H and O–H groups in total. The monoisotopic (exact) mass is 561 g/mol. The van der Waals surface area contributed by atoms with Crippen molar-refractivity contribution in [2.45, 2.75) is 62.8 Å². The quantitative estimate of drug-likeness (QED) is 0.153. The fourth-order valence-corrected chi connectivity index (χ4v) is 3.23. The summed E-state index contributed by atoms with van der Waals surface area (Å²) in [4.78, 5) is 47.2. The predicted molar refractivity (Wildman–Crippen MR) is 121 cm³/mol. The van der Waals surface area contributed by atoms with Crippen LogP contribution in [0, 0.1) is 0 Å². The van der Waals surface area contributed by atoms with Gasteiger partial charge < -0.3 is 34.0 Å². The number of alkyl halides is 1. The molecule has 1 aliphatic heterocycles. The maximum Gasteiger partial charge on any atom is 0.547 e. The van der Waals surface area contributed by atoms with Gasteiger partial charge in [0.1, 0.15) is 17.1 Å². The Morgan fingerprint density at radius 3 is 2.59 bits per heavy atom. The molecule has 0 bridgehead atoms. The first kappa shape index (κ1) is 25.9. The zero-order valence-electron chi connectivity index (χ0n) is 18.0. The number of amides is 1. The molecule has 32 heavy (non-hydrogen) atoms. The van der Waals surface area contributed by atoms with E-state index in [1.165, 1.54) is 19.9 Å². The number of benzene rings is 1. The molecule has 0 spiro atoms. The van der Waals surface area contributed by atoms with E-state index < -0.39 is 35.6 Å². The fourth-order valence-electron chi connectivity index (χ4n) is 3.02. The second-order valence-corrected chi connectivity index (χ2v) is 8.99. The number of halogens is 1. The minimum atomic E-state index is -1.39. The predicted octanol–water partition coefficient (Wildman–Crippen LogP) is 2.32. The van der Waals surface area contributed by atoms with Gasteiger partial charge in [-0.15, -0.1) is 0 Å². The van der Waals surface area contributed by atoms with Crippen molar-refractivity contribution in [2.75, 3.05) is 0 Å². The number of ether oxygens (including phenoxy) is 3. The Hall–Kier alpha value is -2.35. The number of hydrogen-bond acceptors (Lipinski definition) is 9. The smallest absolute Gasteiger partial charge is 0.534 e. The number of hydrogen-bond donors (Lipinski definition) is 2. The summed E-state index contributed by atoms with van der Waals surface area (Å²) in [5.41, 5.74) is 0.629. The van der Waals surface area contributed by atoms with E-state index in [1.807, 2.05) is 22.6 Å². The molecule has 12 heteroatoms. The lowest BCUT2D eigenvalue weighted by molar-refractivity contribution is -0.121. The van der Waals surface area contributed by atoms with Crippen LogP contribution in [0.1, 0.15) is 56.0 Å². The third kappa shape index (κ3) is 7.97. The van der Waals surface area contributed by atoms with Crippen LogP contribution in [0.25, 0.3) is 0 Å². The van der Waals surface area contributed by atoms with Gasteiger partial charge in [-0.1, -0.05) is 12.1 Å². The van der Waals surface area contributed by atoms with Gasteiger partial charge in [-0.25, -0.2) is 9.59 Å². The molecule has 0 fully saturated rings. The van der Waals surface area contributed by atoms with Gasteiger partial charge in [-0.3, -0.25) is 4.79 Å². The highest BCUT2D eigenvalue weighted by Crippen LogP contribution is 2.31. The maximum absolute atomic E-state index is 12.6. The summed E-state index contributed by atoms with van der Waals surface area (Å²) in [6.07, 6.45) is -1.09. The van der Waals surface area contributed by atoms with E-state index in [0.29, 0.717) is 18.4 Å². The van der Waals surface area contributed by atoms with Crippen molar-refractivity contribution in [1.29, 1.82) is 0 Å². The van der Waals surface area contributed by atoms with Crippen LogP contribution in [0.4, 0.5) is 4.79 Å². The van der Waals surface area contributed by atoms with Gasteiger partial charge in [0.2, 0.25) is 12.2 Å². The van der Waals surface area contributed by atoms with Crippen molar-refractivity contribution in [2.24, 2.45) is 0 Å². The van der Waals surface area contributed by atoms with Gasteiger partial charge in [0.05, 0.1) is 5.94 Å². The molecule has 1 aromatic carbocycles. The third-order valence-corrected chi connectivity index (χ3v) is 4.67. The summed E-state index contributed by atoms with van der Waals surface area (Å²) >= 11 is 1.87. The van der Waals surface area contributed by atoms with Crippen molar-refractivity contribution >= 4 is 53.5 Å². The zero-order chi connectivity index (χ0) is 23.8. The van der Waals surface area contributed by atoms with E-state index in [-0.39, 0.29) is 35.8 Å². The van der Waals surface area contributed by atoms with E-state index >= 15 is 0 Å². The summed E-state index contributed by atoms with van der Waals surface area (Å²) in [5, 5.41) is 13.0. The molecule has 1 amide bonds. The van der Waals surface area contributed by atoms with Gasteiger partial charge in [-0.2, -0.15) is 0 Å². The lowest BCUT2D eigenvalue weighted by atomic mass is 9.72. The lowest BCUT2D eigenvalue weighted by Gasteiger charge is -2.29. The molecule has 2 unspecified atom stereocenters. The zero-order valence-corrected chi connectivity index (χ0v) is 20.1. The highest BCUT2D eigenvalue weighted by atomic mass is 127. The van der Waals surface area contributed by atoms with Gasteiger partial charge in [-0.05, 0) is 60.9 Å². The number of rotatable bonds is 9. The molecule has 0 radical (unpaired) electrons. The van der Waals surface area contributed by atoms with Gasteiger partial charge in [0, 0.05) is 19.8 Å². The van der Waals surface area contributed by atoms with Crippen LogP contribution < -0.4 is 9.97 Å². The Labute approximate surface area is 199 Å². The molecule has 0 saturated carbocycles. The maximum atomic E-state index is 12.6. The number of para-hydroxylation sites is 1. The number of fused-ring (bicyclic) bond motifs is 1. The van der Waals surface area contributed by atoms with Gasteiger partial charge in [0.15, 0.2) is 4.11 Å². The Morgan fingerprint density at radius 2 is 1.94 bits per heavy atom. The number of carbonyl (C=O) groups excluding carboxylic acids is 4. The Bertz CT molecular complexity index is 863. The van der Waals surface area contributed by atoms with Crippen LogP contribution >= 0.6 is 22.6 Å². The van der Waals surface area contributed by atoms with Crippen LogP contribution in [-0.4, -0.2) is 52.3 Å². The molecule has 0 saturated heterocycles. The van der Waals surface area contributed by atoms with E-state index in [2.05, 4.69) is 5.32 Å². The number of nitrogens with one attached hydrogen (secondary N) is 1. The average molecular weight is 561 g/mol. The van der Waals surface area contributed by atoms with Crippen molar-refractivity contribution in [3.05, 3.63) is 29.3 Å². The van der Waals surface area contributed by atoms with E-state index in [4.69, 9.17) is 18.9 Å². The summed E-state index contributed by atoms with van der Waals surface area (Å²) in [6, 6.07) is 4.76. The van der Waals surface area contributed by atoms with Crippen molar-refractivity contribution in [3.8, 4) is 5.75 Å². The number of ketones is 1. The first-order chi connectivity index (χ1) is 15.1. The normalized spacial score (nSPS) is 16.7. The first-order valence-electron chi connectivity index (χ1n) is 10.0. The van der Waals surface area contributed by atoms with Crippen LogP contribution in [0.5, 0.6) is 5.75 Å². The van der Waals surface area contributed by atoms with Gasteiger partial charge >= 0.3 is 19.2 Å². The van der Waals surface area contributed by atoms with E-state index in [9.17, 15) is 24.2 Å². The fraction of sp³-hybridized carbons (Fsp3) is 0.500. The standard InChI is InChI=1S/C20H25BINO9/c1-11(24)6-4-9-17(25)23-16-10-14-7-5-8-15(18(14)32-21(16)28)19(26)30-13(3)31-20(27)29-12(2)22/h5,7-8,12-13,16,28H,4,6,9-10H2,1-3H3,(H,23,25)/t12?,13?,16-/m0/s1. The largest absolute Gasteiger partial charge is 0.547 e. The summed E-state index contributed by atoms with van der Waals surface area (Å²) in [6.45, 7) is 4.46. The summed E-state index contributed by atoms with van der Waals surface area (Å²) in [7, 11) is -1.39. The second kappa shape index (κ2) is 12.0. The third-order valence-electron chi connectivity index (χ3n) is 4.41. The topological polar surface area (TPSA) is 137 Å². The van der Waals surface area contributed by atoms with Crippen LogP contribution in [0.15, 0.2) is 18.2 Å². The number of Topliss-reactive ketones (excluding diaryl/α,β-unsaturated/α-hetero) is 1. The number of esters is 1. The van der Waals surface area contributed by atoms with Crippen LogP contribution in [-0.2, 0) is 30.2 Å². The summed E-state index contributed by atoms with van der Waals surface area (Å²) in [5.74, 6) is -1.71. The summed E-state index contributed by atoms with van der Waals surface area (Å²) < 4.78 is 19.9. The molecule has 0 aromatic heterocycles. The molecule has 1 aliphatic rings. The Morgan fingerprint density at radius 1 is 1.22 bits per heavy atom. The van der Waals surface area contributed by atoms with Crippen LogP contribution in [0.2, 0.25) is 0 Å². The first-order valence-corrected chi connectivity index (χ1v) is 11.3. The highest BCUT2D eigenvalue weighted by Gasteiger charge is 2.38. The Kier molecular flexibility index (Phi) is 9.75. The minimum Gasteiger partial charge on any atom is -0.534 e. The molecule has 2 rings (SSSR count). The second-order valence-electron chi connectivity index (χ2n) is 7.24. The minimum absolute atomic E-state index is 0.00310. The average Bonchev–Trinajstić information content (AvgIpc) is 2.66. The molecular formula is C20H25BINO9. The lowest BCUT2D eigenvalue weighted by Crippen LogP contribution is -2.53. The van der Waals surface area contributed by atoms with Crippen molar-refractivity contribution in [3.63, 3.8) is 0 Å². The van der Waals surface area contributed by atoms with E-state index in [0.717, 1.165) is 0 Å². The van der Waals surface area contributed by atoms with Crippen LogP contribution in [0.3, 0.4) is 0 Å². The molecule has 1 heterocycles. The molecule has 0 aliphatic carbocycles. The SMILES string of the molecule is CC(=O)CCCC(=O)N[C@H]1Cc2cccc(C(=O)OC(C)OC(=O)OC(C)I)c2OB1O. The van der Waals surface area contributed by atoms with Gasteiger partial charge in [0.25, 0.3) is 0 Å². The molecule has 1 aromatic rings. The van der Waals surface area contributed by atoms with Crippen molar-refractivity contribution < 1.29 is 43.1 Å². The molecule has 10 nitrogen and oxygen atoms in total.